The van der Waals surface area contributed by atoms with Crippen LogP contribution in [0.25, 0.3) is 10.8 Å². The molecule has 4 heteroatoms. The van der Waals surface area contributed by atoms with Crippen molar-refractivity contribution in [2.75, 3.05) is 7.11 Å². The summed E-state index contributed by atoms with van der Waals surface area (Å²) in [6.45, 7) is 29.0. The number of methoxy groups -OCH3 is 1. The van der Waals surface area contributed by atoms with Crippen LogP contribution in [-0.4, -0.2) is 39.8 Å². The van der Waals surface area contributed by atoms with Gasteiger partial charge in [-0.1, -0.05) is 79.7 Å². The molecule has 47 heavy (non-hydrogen) atoms. The highest BCUT2D eigenvalue weighted by Crippen LogP contribution is 2.43. The molecule has 4 aromatic rings. The van der Waals surface area contributed by atoms with E-state index in [-0.39, 0.29) is 28.9 Å². The Morgan fingerprint density at radius 3 is 1.32 bits per heavy atom. The van der Waals surface area contributed by atoms with E-state index in [4.69, 9.17) is 0 Å². The number of rotatable bonds is 3. The first-order chi connectivity index (χ1) is 21.9. The normalized spacial score (nSPS) is 14.6. The molecule has 0 N–H and O–H groups in total. The predicted molar refractivity (Wildman–Crippen MR) is 198 cm³/mol. The number of ether oxygens (including phenoxy) is 1. The highest BCUT2D eigenvalue weighted by Gasteiger charge is 2.54. The van der Waals surface area contributed by atoms with Crippen molar-refractivity contribution in [3.8, 4) is 0 Å². The van der Waals surface area contributed by atoms with Crippen LogP contribution >= 0.6 is 0 Å². The lowest BCUT2D eigenvalue weighted by atomic mass is 9.84. The molecule has 4 nitrogen and oxygen atoms in total. The van der Waals surface area contributed by atoms with E-state index >= 15 is 0 Å². The Labute approximate surface area is 282 Å². The number of nitrogens with zero attached hydrogens (tertiary/aromatic N) is 2. The van der Waals surface area contributed by atoms with Gasteiger partial charge in [0.05, 0.1) is 31.1 Å². The Hall–Kier alpha value is -4.05. The van der Waals surface area contributed by atoms with Crippen molar-refractivity contribution in [3.05, 3.63) is 105 Å². The number of carbonyl (C=O) groups excluding carboxylic acids is 1. The summed E-state index contributed by atoms with van der Waals surface area (Å²) in [5.41, 5.74) is 16.4. The van der Waals surface area contributed by atoms with Gasteiger partial charge in [-0.25, -0.2) is 0 Å². The zero-order chi connectivity index (χ0) is 34.7. The lowest BCUT2D eigenvalue weighted by Crippen LogP contribution is -2.28. The molecule has 0 radical (unpaired) electrons. The molecule has 6 rings (SSSR count). The fraction of sp³-hybridized carbons (Fsp3) is 0.419. The molecule has 1 aliphatic heterocycles. The Morgan fingerprint density at radius 1 is 0.681 bits per heavy atom. The van der Waals surface area contributed by atoms with E-state index in [1.165, 1.54) is 85.2 Å². The minimum atomic E-state index is -0.153. The molecule has 4 aromatic carbocycles. The quantitative estimate of drug-likeness (QED) is 0.167. The Bertz CT molecular complexity index is 1800. The Kier molecular flexibility index (Phi) is 8.90. The monoisotopic (exact) mass is 630 g/mol. The van der Waals surface area contributed by atoms with Crippen LogP contribution < -0.4 is 0 Å². The number of benzene rings is 4. The van der Waals surface area contributed by atoms with Gasteiger partial charge in [-0.3, -0.25) is 4.79 Å². The third kappa shape index (κ3) is 5.96. The van der Waals surface area contributed by atoms with Gasteiger partial charge in [-0.15, -0.1) is 9.15 Å². The van der Waals surface area contributed by atoms with Crippen LogP contribution in [0.15, 0.2) is 60.7 Å². The second kappa shape index (κ2) is 12.2. The SMILES string of the molecule is COC(=O)C(C)C.Cc1cc(C(C)(C)C)cc(C)c1[N+]1=C2C(=[N+](c3c(C)cc(C(C)(C)C)cc3C)C1C)c1cccc3cccc2c13. The van der Waals surface area contributed by atoms with E-state index in [2.05, 4.69) is 151 Å². The lowest BCUT2D eigenvalue weighted by Gasteiger charge is -2.22. The third-order valence-electron chi connectivity index (χ3n) is 9.74. The summed E-state index contributed by atoms with van der Waals surface area (Å²) < 4.78 is 9.65. The average Bonchev–Trinajstić information content (AvgIpc) is 3.45. The summed E-state index contributed by atoms with van der Waals surface area (Å²) in [7, 11) is 1.39. The molecule has 1 aliphatic carbocycles. The van der Waals surface area contributed by atoms with Crippen molar-refractivity contribution in [3.63, 3.8) is 0 Å². The van der Waals surface area contributed by atoms with Crippen molar-refractivity contribution in [1.29, 1.82) is 0 Å². The summed E-state index contributed by atoms with van der Waals surface area (Å²) in [4.78, 5) is 10.3. The van der Waals surface area contributed by atoms with E-state index in [1.807, 2.05) is 0 Å². The van der Waals surface area contributed by atoms with Crippen LogP contribution in [0.5, 0.6) is 0 Å². The molecule has 0 bridgehead atoms. The maximum atomic E-state index is 10.3. The Morgan fingerprint density at radius 2 is 1.04 bits per heavy atom. The maximum Gasteiger partial charge on any atom is 0.351 e. The van der Waals surface area contributed by atoms with Gasteiger partial charge in [0.25, 0.3) is 11.4 Å². The Balaban J connectivity index is 0.000000559. The molecule has 0 aromatic heterocycles. The van der Waals surface area contributed by atoms with E-state index in [0.717, 1.165) is 0 Å². The molecule has 2 aliphatic rings. The van der Waals surface area contributed by atoms with Crippen LogP contribution in [-0.2, 0) is 20.4 Å². The number of fused-ring (bicyclic) bond motifs is 3. The van der Waals surface area contributed by atoms with Crippen LogP contribution in [0, 0.1) is 33.6 Å². The highest BCUT2D eigenvalue weighted by molar-refractivity contribution is 6.58. The summed E-state index contributed by atoms with van der Waals surface area (Å²) in [6, 6.07) is 23.3. The topological polar surface area (TPSA) is 32.3 Å². The minimum Gasteiger partial charge on any atom is -0.469 e. The molecule has 0 saturated heterocycles. The first kappa shape index (κ1) is 34.3. The number of hydrogen-bond acceptors (Lipinski definition) is 2. The summed E-state index contributed by atoms with van der Waals surface area (Å²) in [5, 5.41) is 2.69. The summed E-state index contributed by atoms with van der Waals surface area (Å²) in [5.74, 6) is -0.148. The maximum absolute atomic E-state index is 10.3. The largest absolute Gasteiger partial charge is 0.469 e. The van der Waals surface area contributed by atoms with Crippen molar-refractivity contribution in [2.24, 2.45) is 5.92 Å². The van der Waals surface area contributed by atoms with Gasteiger partial charge in [0.2, 0.25) is 11.4 Å². The second-order valence-corrected chi connectivity index (χ2v) is 15.9. The minimum absolute atomic E-state index is 0.00463. The molecule has 0 fully saturated rings. The first-order valence-corrected chi connectivity index (χ1v) is 17.0. The second-order valence-electron chi connectivity index (χ2n) is 15.9. The first-order valence-electron chi connectivity index (χ1n) is 17.0. The molecule has 0 amide bonds. The molecule has 0 unspecified atom stereocenters. The number of hydrogen-bond donors (Lipinski definition) is 0. The molecule has 0 saturated carbocycles. The van der Waals surface area contributed by atoms with Gasteiger partial charge in [-0.2, -0.15) is 0 Å². The van der Waals surface area contributed by atoms with Gasteiger partial charge >= 0.3 is 12.1 Å². The van der Waals surface area contributed by atoms with E-state index in [1.54, 1.807) is 13.8 Å². The number of carbonyl (C=O) groups is 1. The van der Waals surface area contributed by atoms with Crippen LogP contribution in [0.4, 0.5) is 11.4 Å². The predicted octanol–water partition coefficient (Wildman–Crippen LogP) is 10.1. The standard InChI is InChI=1S/C38H44N2.C5H10O2/c1-22-18-28(37(6,7)8)19-23(2)33(22)39-26(5)40(34-24(3)20-29(21-25(34)4)38(9,10)11)36-31-17-13-15-27-14-12-16-30(32(27)31)35(36)39;1-4(2)5(6)7-3/h12-21,26H,1-11H3;4H,1-3H3/q+2;. The fourth-order valence-electron chi connectivity index (χ4n) is 7.34. The smallest absolute Gasteiger partial charge is 0.351 e. The van der Waals surface area contributed by atoms with E-state index in [0.29, 0.717) is 0 Å². The zero-order valence-corrected chi connectivity index (χ0v) is 31.1. The molecule has 1 heterocycles. The van der Waals surface area contributed by atoms with Gasteiger partial charge in [0, 0.05) is 27.6 Å². The highest BCUT2D eigenvalue weighted by atomic mass is 16.5. The van der Waals surface area contributed by atoms with Crippen molar-refractivity contribution >= 4 is 39.5 Å². The van der Waals surface area contributed by atoms with Gasteiger partial charge in [-0.05, 0) is 91.4 Å². The van der Waals surface area contributed by atoms with Gasteiger partial charge < -0.3 is 4.74 Å². The average molecular weight is 631 g/mol. The zero-order valence-electron chi connectivity index (χ0n) is 31.1. The lowest BCUT2D eigenvalue weighted by molar-refractivity contribution is -0.688. The van der Waals surface area contributed by atoms with Gasteiger partial charge in [0.15, 0.2) is 0 Å². The van der Waals surface area contributed by atoms with Crippen molar-refractivity contribution in [2.45, 2.75) is 107 Å². The van der Waals surface area contributed by atoms with Crippen LogP contribution in [0.1, 0.15) is 107 Å². The molecule has 0 atom stereocenters. The van der Waals surface area contributed by atoms with Crippen LogP contribution in [0.2, 0.25) is 0 Å². The molecule has 246 valence electrons. The summed E-state index contributed by atoms with van der Waals surface area (Å²) >= 11 is 0. The number of esters is 1. The van der Waals surface area contributed by atoms with Crippen LogP contribution in [0.3, 0.4) is 0 Å². The van der Waals surface area contributed by atoms with Crippen molar-refractivity contribution < 1.29 is 18.7 Å². The number of aryl methyl sites for hydroxylation is 4. The summed E-state index contributed by atoms with van der Waals surface area (Å²) in [6.07, 6.45) is 0.129. The fourth-order valence-corrected chi connectivity index (χ4v) is 7.34. The van der Waals surface area contributed by atoms with Gasteiger partial charge in [0.1, 0.15) is 0 Å². The van der Waals surface area contributed by atoms with Crippen molar-refractivity contribution in [1.82, 2.24) is 0 Å². The molecular formula is C43H54N2O2+2. The third-order valence-corrected chi connectivity index (χ3v) is 9.74. The van der Waals surface area contributed by atoms with E-state index < -0.39 is 0 Å². The molecule has 0 spiro atoms. The van der Waals surface area contributed by atoms with E-state index in [9.17, 15) is 4.79 Å². The molecular weight excluding hydrogens is 576 g/mol.